The average molecular weight is 405 g/mol. The summed E-state index contributed by atoms with van der Waals surface area (Å²) >= 11 is 0. The maximum atomic E-state index is 13.4. The number of rotatable bonds is 8. The van der Waals surface area contributed by atoms with Crippen LogP contribution in [0.1, 0.15) is 24.3 Å². The number of aromatic nitrogens is 2. The smallest absolute Gasteiger partial charge is 0.275 e. The lowest BCUT2D eigenvalue weighted by Crippen LogP contribution is -2.32. The largest absolute Gasteiger partial charge is 0.493 e. The Morgan fingerprint density at radius 1 is 1.10 bits per heavy atom. The minimum absolute atomic E-state index is 0.139. The van der Waals surface area contributed by atoms with Gasteiger partial charge in [0.2, 0.25) is 0 Å². The van der Waals surface area contributed by atoms with Gasteiger partial charge < -0.3 is 14.4 Å². The first-order valence-electron chi connectivity index (χ1n) is 9.79. The zero-order valence-corrected chi connectivity index (χ0v) is 17.9. The lowest BCUT2D eigenvalue weighted by Gasteiger charge is -2.20. The fraction of sp³-hybridized carbons (Fsp3) is 0.250. The minimum atomic E-state index is -0.139. The van der Waals surface area contributed by atoms with E-state index in [9.17, 15) is 4.79 Å². The topological polar surface area (TPSA) is 56.6 Å². The molecule has 0 fully saturated rings. The lowest BCUT2D eigenvalue weighted by molar-refractivity contribution is 0.0772. The molecule has 3 aromatic rings. The third-order valence-corrected chi connectivity index (χ3v) is 4.76. The predicted molar refractivity (Wildman–Crippen MR) is 118 cm³/mol. The molecule has 0 spiro atoms. The van der Waals surface area contributed by atoms with Crippen molar-refractivity contribution in [3.8, 4) is 28.3 Å². The number of benzene rings is 2. The van der Waals surface area contributed by atoms with Crippen LogP contribution in [-0.4, -0.2) is 47.9 Å². The number of carbonyl (C=O) groups is 1. The quantitative estimate of drug-likeness (QED) is 0.514. The molecule has 0 unspecified atom stereocenters. The summed E-state index contributed by atoms with van der Waals surface area (Å²) in [7, 11) is 3.18. The van der Waals surface area contributed by atoms with Crippen molar-refractivity contribution in [3.05, 3.63) is 72.6 Å². The SMILES string of the molecule is C=C(C)CN(CC)C(=O)c1nn(-c2ccccc2)cc1-c1ccc(OC)c(OC)c1. The molecule has 0 atom stereocenters. The summed E-state index contributed by atoms with van der Waals surface area (Å²) in [5, 5.41) is 4.65. The summed E-state index contributed by atoms with van der Waals surface area (Å²) < 4.78 is 12.5. The van der Waals surface area contributed by atoms with Crippen molar-refractivity contribution in [3.63, 3.8) is 0 Å². The first kappa shape index (κ1) is 21.2. The summed E-state index contributed by atoms with van der Waals surface area (Å²) in [5.41, 5.74) is 3.73. The van der Waals surface area contributed by atoms with Crippen LogP contribution in [0.2, 0.25) is 0 Å². The molecule has 6 nitrogen and oxygen atoms in total. The Hall–Kier alpha value is -3.54. The summed E-state index contributed by atoms with van der Waals surface area (Å²) in [4.78, 5) is 15.1. The number of para-hydroxylation sites is 1. The van der Waals surface area contributed by atoms with E-state index in [1.165, 1.54) is 0 Å². The van der Waals surface area contributed by atoms with E-state index in [0.29, 0.717) is 30.3 Å². The van der Waals surface area contributed by atoms with Crippen molar-refractivity contribution in [2.24, 2.45) is 0 Å². The van der Waals surface area contributed by atoms with Crippen LogP contribution in [0.5, 0.6) is 11.5 Å². The average Bonchev–Trinajstić information content (AvgIpc) is 3.22. The van der Waals surface area contributed by atoms with Crippen LogP contribution in [0.25, 0.3) is 16.8 Å². The Morgan fingerprint density at radius 3 is 2.40 bits per heavy atom. The molecule has 0 aliphatic carbocycles. The molecule has 30 heavy (non-hydrogen) atoms. The van der Waals surface area contributed by atoms with Crippen LogP contribution in [0.4, 0.5) is 0 Å². The van der Waals surface area contributed by atoms with Gasteiger partial charge in [-0.1, -0.05) is 36.4 Å². The first-order valence-corrected chi connectivity index (χ1v) is 9.79. The maximum absolute atomic E-state index is 13.4. The van der Waals surface area contributed by atoms with Crippen molar-refractivity contribution in [1.82, 2.24) is 14.7 Å². The second kappa shape index (κ2) is 9.31. The zero-order chi connectivity index (χ0) is 21.7. The fourth-order valence-corrected chi connectivity index (χ4v) is 3.26. The molecule has 0 bridgehead atoms. The molecule has 0 aliphatic heterocycles. The van der Waals surface area contributed by atoms with E-state index >= 15 is 0 Å². The van der Waals surface area contributed by atoms with Gasteiger partial charge in [0, 0.05) is 24.8 Å². The maximum Gasteiger partial charge on any atom is 0.275 e. The number of hydrogen-bond acceptors (Lipinski definition) is 4. The van der Waals surface area contributed by atoms with Crippen molar-refractivity contribution >= 4 is 5.91 Å². The van der Waals surface area contributed by atoms with Crippen LogP contribution in [0, 0.1) is 0 Å². The van der Waals surface area contributed by atoms with Gasteiger partial charge in [0.05, 0.1) is 19.9 Å². The molecule has 0 saturated carbocycles. The van der Waals surface area contributed by atoms with Gasteiger partial charge in [-0.15, -0.1) is 0 Å². The number of nitrogens with zero attached hydrogens (tertiary/aromatic N) is 3. The van der Waals surface area contributed by atoms with Crippen molar-refractivity contribution in [1.29, 1.82) is 0 Å². The van der Waals surface area contributed by atoms with Crippen molar-refractivity contribution < 1.29 is 14.3 Å². The molecule has 1 heterocycles. The van der Waals surface area contributed by atoms with E-state index in [2.05, 4.69) is 11.7 Å². The third kappa shape index (κ3) is 4.38. The van der Waals surface area contributed by atoms with Crippen LogP contribution in [0.15, 0.2) is 66.9 Å². The summed E-state index contributed by atoms with van der Waals surface area (Å²) in [6.45, 7) is 8.85. The summed E-state index contributed by atoms with van der Waals surface area (Å²) in [6.07, 6.45) is 1.87. The number of carbonyl (C=O) groups excluding carboxylic acids is 1. The van der Waals surface area contributed by atoms with Gasteiger partial charge in [-0.05, 0) is 43.7 Å². The van der Waals surface area contributed by atoms with Gasteiger partial charge >= 0.3 is 0 Å². The highest BCUT2D eigenvalue weighted by Gasteiger charge is 2.24. The molecule has 0 saturated heterocycles. The van der Waals surface area contributed by atoms with Gasteiger partial charge in [0.15, 0.2) is 17.2 Å². The van der Waals surface area contributed by atoms with Crippen molar-refractivity contribution in [2.75, 3.05) is 27.3 Å². The second-order valence-corrected chi connectivity index (χ2v) is 7.02. The van der Waals surface area contributed by atoms with E-state index < -0.39 is 0 Å². The highest BCUT2D eigenvalue weighted by atomic mass is 16.5. The molecule has 0 N–H and O–H groups in total. The molecule has 156 valence electrons. The van der Waals surface area contributed by atoms with E-state index in [1.807, 2.05) is 68.6 Å². The Bertz CT molecular complexity index is 1040. The van der Waals surface area contributed by atoms with Crippen LogP contribution >= 0.6 is 0 Å². The highest BCUT2D eigenvalue weighted by Crippen LogP contribution is 2.34. The van der Waals surface area contributed by atoms with Gasteiger partial charge in [0.25, 0.3) is 5.91 Å². The van der Waals surface area contributed by atoms with Crippen molar-refractivity contribution in [2.45, 2.75) is 13.8 Å². The number of methoxy groups -OCH3 is 2. The van der Waals surface area contributed by atoms with E-state index in [-0.39, 0.29) is 5.91 Å². The number of hydrogen-bond donors (Lipinski definition) is 0. The number of likely N-dealkylation sites (N-methyl/N-ethyl adjacent to an activating group) is 1. The lowest BCUT2D eigenvalue weighted by atomic mass is 10.0. The zero-order valence-electron chi connectivity index (χ0n) is 17.9. The second-order valence-electron chi connectivity index (χ2n) is 7.02. The molecule has 0 radical (unpaired) electrons. The summed E-state index contributed by atoms with van der Waals surface area (Å²) in [6, 6.07) is 15.3. The highest BCUT2D eigenvalue weighted by molar-refractivity contribution is 5.99. The monoisotopic (exact) mass is 405 g/mol. The predicted octanol–water partition coefficient (Wildman–Crippen LogP) is 4.59. The molecule has 1 amide bonds. The Kier molecular flexibility index (Phi) is 6.57. The number of ether oxygens (including phenoxy) is 2. The van der Waals surface area contributed by atoms with Gasteiger partial charge in [0.1, 0.15) is 0 Å². The normalized spacial score (nSPS) is 10.5. The van der Waals surface area contributed by atoms with Crippen LogP contribution < -0.4 is 9.47 Å². The molecule has 6 heteroatoms. The Morgan fingerprint density at radius 2 is 1.80 bits per heavy atom. The molecule has 1 aromatic heterocycles. The Balaban J connectivity index is 2.14. The van der Waals surface area contributed by atoms with Gasteiger partial charge in [-0.25, -0.2) is 4.68 Å². The third-order valence-electron chi connectivity index (χ3n) is 4.76. The molecular formula is C24H27N3O3. The Labute approximate surface area is 177 Å². The van der Waals surface area contributed by atoms with E-state index in [4.69, 9.17) is 9.47 Å². The fourth-order valence-electron chi connectivity index (χ4n) is 3.26. The molecule has 2 aromatic carbocycles. The minimum Gasteiger partial charge on any atom is -0.493 e. The first-order chi connectivity index (χ1) is 14.5. The standard InChI is InChI=1S/C24H27N3O3/c1-6-26(15-17(2)3)24(28)23-20(16-27(25-23)19-10-8-7-9-11-19)18-12-13-21(29-4)22(14-18)30-5/h7-14,16H,2,6,15H2,1,3-5H3. The van der Waals surface area contributed by atoms with Crippen LogP contribution in [-0.2, 0) is 0 Å². The van der Waals surface area contributed by atoms with E-state index in [1.54, 1.807) is 23.8 Å². The van der Waals surface area contributed by atoms with Gasteiger partial charge in [-0.3, -0.25) is 4.79 Å². The summed E-state index contributed by atoms with van der Waals surface area (Å²) in [5.74, 6) is 1.08. The van der Waals surface area contributed by atoms with Gasteiger partial charge in [-0.2, -0.15) is 5.10 Å². The molecule has 3 rings (SSSR count). The molecular weight excluding hydrogens is 378 g/mol. The molecule has 0 aliphatic rings. The van der Waals surface area contributed by atoms with E-state index in [0.717, 1.165) is 22.4 Å². The van der Waals surface area contributed by atoms with Crippen LogP contribution in [0.3, 0.4) is 0 Å². The number of amides is 1.